The van der Waals surface area contributed by atoms with Gasteiger partial charge in [-0.25, -0.2) is 0 Å². The van der Waals surface area contributed by atoms with E-state index in [4.69, 9.17) is 0 Å². The largest absolute Gasteiger partial charge is 0.149 e. The van der Waals surface area contributed by atoms with Gasteiger partial charge in [0.25, 0.3) is 0 Å². The summed E-state index contributed by atoms with van der Waals surface area (Å²) >= 11 is 5.11. The Balaban J connectivity index is 2.24. The Morgan fingerprint density at radius 3 is 2.38 bits per heavy atom. The van der Waals surface area contributed by atoms with Gasteiger partial charge >= 0.3 is 0 Å². The number of halogens is 1. The molecule has 0 aliphatic heterocycles. The normalized spacial score (nSPS) is 10.4. The number of nitrogens with zero attached hydrogens (tertiary/aromatic N) is 2. The molecule has 0 spiro atoms. The Bertz CT molecular complexity index is 453. The van der Waals surface area contributed by atoms with Crippen LogP contribution in [0.1, 0.15) is 6.92 Å². The summed E-state index contributed by atoms with van der Waals surface area (Å²) in [5.41, 5.74) is 2.00. The summed E-state index contributed by atoms with van der Waals surface area (Å²) in [4.78, 5) is 0. The maximum absolute atomic E-state index is 4.21. The van der Waals surface area contributed by atoms with Crippen molar-refractivity contribution < 1.29 is 0 Å². The van der Waals surface area contributed by atoms with Crippen molar-refractivity contribution in [1.29, 1.82) is 0 Å². The van der Waals surface area contributed by atoms with E-state index < -0.39 is 0 Å². The highest BCUT2D eigenvalue weighted by Crippen LogP contribution is 2.21. The lowest BCUT2D eigenvalue weighted by Crippen LogP contribution is -1.89. The molecule has 0 radical (unpaired) electrons. The molecule has 4 heteroatoms. The maximum atomic E-state index is 4.21. The molecule has 0 unspecified atom stereocenters. The smallest absolute Gasteiger partial charge is 0.119 e. The quantitative estimate of drug-likeness (QED) is 0.800. The van der Waals surface area contributed by atoms with E-state index in [1.807, 2.05) is 36.4 Å². The molecule has 0 aliphatic carbocycles. The van der Waals surface area contributed by atoms with Gasteiger partial charge in [0.05, 0.1) is 5.69 Å². The van der Waals surface area contributed by atoms with E-state index in [1.165, 1.54) is 0 Å². The first-order valence-electron chi connectivity index (χ1n) is 5.02. The van der Waals surface area contributed by atoms with Crippen LogP contribution in [0.15, 0.2) is 45.9 Å². The van der Waals surface area contributed by atoms with Crippen LogP contribution in [-0.4, -0.2) is 16.0 Å². The third kappa shape index (κ3) is 2.83. The monoisotopic (exact) mass is 294 g/mol. The van der Waals surface area contributed by atoms with E-state index >= 15 is 0 Å². The van der Waals surface area contributed by atoms with Crippen molar-refractivity contribution >= 4 is 27.7 Å². The molecule has 0 fully saturated rings. The lowest BCUT2D eigenvalue weighted by molar-refractivity contribution is 0.936. The van der Waals surface area contributed by atoms with Crippen molar-refractivity contribution in [3.63, 3.8) is 0 Å². The molecule has 2 aromatic rings. The van der Waals surface area contributed by atoms with Gasteiger partial charge in [0, 0.05) is 10.0 Å². The van der Waals surface area contributed by atoms with E-state index in [-0.39, 0.29) is 0 Å². The van der Waals surface area contributed by atoms with Crippen LogP contribution in [0.5, 0.6) is 0 Å². The summed E-state index contributed by atoms with van der Waals surface area (Å²) in [6.45, 7) is 2.11. The number of aromatic nitrogens is 2. The molecule has 82 valence electrons. The fraction of sp³-hybridized carbons (Fsp3) is 0.167. The zero-order chi connectivity index (χ0) is 11.4. The number of hydrogen-bond acceptors (Lipinski definition) is 3. The minimum atomic E-state index is 0.910. The second-order valence-electron chi connectivity index (χ2n) is 3.20. The Morgan fingerprint density at radius 2 is 1.81 bits per heavy atom. The highest BCUT2D eigenvalue weighted by Gasteiger charge is 2.00. The van der Waals surface area contributed by atoms with Crippen LogP contribution in [0.2, 0.25) is 0 Å². The summed E-state index contributed by atoms with van der Waals surface area (Å²) in [5.74, 6) is 1.02. The van der Waals surface area contributed by atoms with Crippen molar-refractivity contribution in [3.8, 4) is 11.3 Å². The fourth-order valence-electron chi connectivity index (χ4n) is 1.32. The molecule has 0 saturated heterocycles. The minimum absolute atomic E-state index is 0.910. The third-order valence-corrected chi connectivity index (χ3v) is 3.40. The predicted octanol–water partition coefficient (Wildman–Crippen LogP) is 4.02. The van der Waals surface area contributed by atoms with Crippen molar-refractivity contribution in [3.05, 3.63) is 40.9 Å². The summed E-state index contributed by atoms with van der Waals surface area (Å²) in [6, 6.07) is 12.1. The van der Waals surface area contributed by atoms with Crippen LogP contribution in [0.3, 0.4) is 0 Å². The van der Waals surface area contributed by atoms with Gasteiger partial charge in [-0.1, -0.05) is 35.0 Å². The average molecular weight is 295 g/mol. The maximum Gasteiger partial charge on any atom is 0.119 e. The number of hydrogen-bond donors (Lipinski definition) is 0. The minimum Gasteiger partial charge on any atom is -0.149 e. The molecule has 0 aliphatic rings. The van der Waals surface area contributed by atoms with E-state index in [2.05, 4.69) is 33.1 Å². The van der Waals surface area contributed by atoms with Gasteiger partial charge in [-0.2, -0.15) is 0 Å². The topological polar surface area (TPSA) is 25.8 Å². The van der Waals surface area contributed by atoms with Gasteiger partial charge in [-0.3, -0.25) is 0 Å². The van der Waals surface area contributed by atoms with Crippen molar-refractivity contribution in [2.24, 2.45) is 0 Å². The first kappa shape index (κ1) is 11.6. The third-order valence-electron chi connectivity index (χ3n) is 2.07. The van der Waals surface area contributed by atoms with Crippen LogP contribution in [0, 0.1) is 0 Å². The number of benzene rings is 1. The van der Waals surface area contributed by atoms with Crippen LogP contribution in [-0.2, 0) is 0 Å². The van der Waals surface area contributed by atoms with Gasteiger partial charge < -0.3 is 0 Å². The van der Waals surface area contributed by atoms with Crippen LogP contribution in [0.4, 0.5) is 0 Å². The van der Waals surface area contributed by atoms with Gasteiger partial charge in [0.2, 0.25) is 0 Å². The molecule has 0 bridgehead atoms. The Labute approximate surface area is 108 Å². The van der Waals surface area contributed by atoms with Gasteiger partial charge in [0.1, 0.15) is 5.03 Å². The number of rotatable bonds is 3. The molecule has 16 heavy (non-hydrogen) atoms. The van der Waals surface area contributed by atoms with Crippen LogP contribution in [0.25, 0.3) is 11.3 Å². The molecular formula is C12H11BrN2S. The number of thioether (sulfide) groups is 1. The van der Waals surface area contributed by atoms with E-state index in [9.17, 15) is 0 Å². The fourth-order valence-corrected chi connectivity index (χ4v) is 2.14. The highest BCUT2D eigenvalue weighted by atomic mass is 79.9. The molecular weight excluding hydrogens is 284 g/mol. The van der Waals surface area contributed by atoms with Crippen molar-refractivity contribution in [1.82, 2.24) is 10.2 Å². The molecule has 0 saturated carbocycles. The second-order valence-corrected chi connectivity index (χ2v) is 5.40. The standard InChI is InChI=1S/C12H11BrN2S/c1-2-16-12-8-7-11(14-15-12)9-3-5-10(13)6-4-9/h3-8H,2H2,1H3. The first-order valence-corrected chi connectivity index (χ1v) is 6.80. The highest BCUT2D eigenvalue weighted by molar-refractivity contribution is 9.10. The molecule has 2 nitrogen and oxygen atoms in total. The molecule has 1 heterocycles. The molecule has 0 atom stereocenters. The summed E-state index contributed by atoms with van der Waals surface area (Å²) in [7, 11) is 0. The predicted molar refractivity (Wildman–Crippen MR) is 71.6 cm³/mol. The molecule has 1 aromatic carbocycles. The zero-order valence-electron chi connectivity index (χ0n) is 8.85. The average Bonchev–Trinajstić information content (AvgIpc) is 2.32. The Kier molecular flexibility index (Phi) is 3.96. The van der Waals surface area contributed by atoms with E-state index in [1.54, 1.807) is 11.8 Å². The van der Waals surface area contributed by atoms with Gasteiger partial charge in [-0.15, -0.1) is 22.0 Å². The summed E-state index contributed by atoms with van der Waals surface area (Å²) < 4.78 is 1.07. The van der Waals surface area contributed by atoms with Crippen molar-refractivity contribution in [2.45, 2.75) is 11.9 Å². The molecule has 1 aromatic heterocycles. The zero-order valence-corrected chi connectivity index (χ0v) is 11.3. The van der Waals surface area contributed by atoms with Gasteiger partial charge in [0.15, 0.2) is 0 Å². The SMILES string of the molecule is CCSc1ccc(-c2ccc(Br)cc2)nn1. The lowest BCUT2D eigenvalue weighted by atomic mass is 10.1. The van der Waals surface area contributed by atoms with Crippen molar-refractivity contribution in [2.75, 3.05) is 5.75 Å². The molecule has 2 rings (SSSR count). The lowest BCUT2D eigenvalue weighted by Gasteiger charge is -2.01. The first-order chi connectivity index (χ1) is 7.79. The van der Waals surface area contributed by atoms with Crippen LogP contribution >= 0.6 is 27.7 Å². The second kappa shape index (κ2) is 5.46. The molecule has 0 N–H and O–H groups in total. The summed E-state index contributed by atoms with van der Waals surface area (Å²) in [5, 5.41) is 9.35. The Hall–Kier alpha value is -0.870. The van der Waals surface area contributed by atoms with E-state index in [0.29, 0.717) is 0 Å². The summed E-state index contributed by atoms with van der Waals surface area (Å²) in [6.07, 6.45) is 0. The van der Waals surface area contributed by atoms with Crippen LogP contribution < -0.4 is 0 Å². The van der Waals surface area contributed by atoms with Gasteiger partial charge in [-0.05, 0) is 30.0 Å². The Morgan fingerprint density at radius 1 is 1.06 bits per heavy atom. The van der Waals surface area contributed by atoms with E-state index in [0.717, 1.165) is 26.5 Å². The molecule has 0 amide bonds.